The first-order chi connectivity index (χ1) is 10.8. The summed E-state index contributed by atoms with van der Waals surface area (Å²) in [5.41, 5.74) is 1.10. The highest BCUT2D eigenvalue weighted by atomic mass is 19.4. The average Bonchev–Trinajstić information content (AvgIpc) is 2.53. The zero-order chi connectivity index (χ0) is 16.9. The largest absolute Gasteiger partial charge is 0.484 e. The maximum Gasteiger partial charge on any atom is 0.422 e. The first-order valence-electron chi connectivity index (χ1n) is 6.85. The third-order valence-corrected chi connectivity index (χ3v) is 3.05. The van der Waals surface area contributed by atoms with E-state index in [2.05, 4.69) is 10.3 Å². The Bertz CT molecular complexity index is 660. The van der Waals surface area contributed by atoms with Crippen molar-refractivity contribution in [3.8, 4) is 5.75 Å². The highest BCUT2D eigenvalue weighted by Gasteiger charge is 2.28. The third-order valence-electron chi connectivity index (χ3n) is 3.05. The topological polar surface area (TPSA) is 51.2 Å². The maximum atomic E-state index is 12.2. The molecule has 0 saturated carbocycles. The van der Waals surface area contributed by atoms with Crippen LogP contribution in [0.3, 0.4) is 0 Å². The van der Waals surface area contributed by atoms with E-state index in [1.165, 1.54) is 24.5 Å². The molecule has 0 bridgehead atoms. The van der Waals surface area contributed by atoms with Crippen LogP contribution in [0, 0.1) is 0 Å². The van der Waals surface area contributed by atoms with Crippen molar-refractivity contribution in [1.29, 1.82) is 0 Å². The highest BCUT2D eigenvalue weighted by Crippen LogP contribution is 2.22. The van der Waals surface area contributed by atoms with Crippen molar-refractivity contribution in [2.75, 3.05) is 6.61 Å². The lowest BCUT2D eigenvalue weighted by Crippen LogP contribution is -2.26. The van der Waals surface area contributed by atoms with Crippen LogP contribution in [0.5, 0.6) is 5.75 Å². The van der Waals surface area contributed by atoms with Crippen LogP contribution in [0.2, 0.25) is 0 Å². The summed E-state index contributed by atoms with van der Waals surface area (Å²) in [5.74, 6) is -0.189. The van der Waals surface area contributed by atoms with Gasteiger partial charge in [0.05, 0.1) is 6.04 Å². The van der Waals surface area contributed by atoms with E-state index >= 15 is 0 Å². The molecule has 2 rings (SSSR count). The molecule has 1 N–H and O–H groups in total. The van der Waals surface area contributed by atoms with Crippen molar-refractivity contribution in [3.05, 3.63) is 59.9 Å². The van der Waals surface area contributed by atoms with E-state index in [1.807, 2.05) is 0 Å². The Kier molecular flexibility index (Phi) is 5.20. The molecular formula is C16H15F3N2O2. The van der Waals surface area contributed by atoms with E-state index in [4.69, 9.17) is 4.74 Å². The molecule has 0 aliphatic heterocycles. The van der Waals surface area contributed by atoms with Crippen molar-refractivity contribution in [3.63, 3.8) is 0 Å². The fraction of sp³-hybridized carbons (Fsp3) is 0.250. The van der Waals surface area contributed by atoms with Crippen LogP contribution in [-0.2, 0) is 0 Å². The molecule has 7 heteroatoms. The molecule has 23 heavy (non-hydrogen) atoms. The second-order valence-electron chi connectivity index (χ2n) is 4.91. The summed E-state index contributed by atoms with van der Waals surface area (Å²) in [6, 6.07) is 8.96. The number of benzene rings is 1. The van der Waals surface area contributed by atoms with Gasteiger partial charge in [0.2, 0.25) is 0 Å². The lowest BCUT2D eigenvalue weighted by molar-refractivity contribution is -0.153. The molecule has 0 spiro atoms. The first-order valence-corrected chi connectivity index (χ1v) is 6.85. The lowest BCUT2D eigenvalue weighted by atomic mass is 10.1. The molecular weight excluding hydrogens is 309 g/mol. The minimum atomic E-state index is -4.39. The Morgan fingerprint density at radius 1 is 1.26 bits per heavy atom. The predicted molar refractivity (Wildman–Crippen MR) is 78.1 cm³/mol. The van der Waals surface area contributed by atoms with Gasteiger partial charge in [-0.05, 0) is 36.8 Å². The normalized spacial score (nSPS) is 12.5. The quantitative estimate of drug-likeness (QED) is 0.915. The molecule has 1 amide bonds. The van der Waals surface area contributed by atoms with Crippen molar-refractivity contribution in [2.45, 2.75) is 19.1 Å². The fourth-order valence-electron chi connectivity index (χ4n) is 1.91. The summed E-state index contributed by atoms with van der Waals surface area (Å²) in [7, 11) is 0. The molecule has 0 aliphatic rings. The summed E-state index contributed by atoms with van der Waals surface area (Å²) in [5, 5.41) is 2.77. The number of amides is 1. The van der Waals surface area contributed by atoms with Crippen LogP contribution in [0.15, 0.2) is 48.8 Å². The van der Waals surface area contributed by atoms with Gasteiger partial charge in [0, 0.05) is 18.0 Å². The minimum Gasteiger partial charge on any atom is -0.484 e. The standard InChI is InChI=1S/C16H15F3N2O2/c1-11(21-15(22)12-5-7-20-8-6-12)13-3-2-4-14(9-13)23-10-16(17,18)19/h2-9,11H,10H2,1H3,(H,21,22). The minimum absolute atomic E-state index is 0.102. The molecule has 1 atom stereocenters. The molecule has 2 aromatic rings. The molecule has 122 valence electrons. The van der Waals surface area contributed by atoms with Crippen molar-refractivity contribution in [1.82, 2.24) is 10.3 Å². The zero-order valence-corrected chi connectivity index (χ0v) is 12.3. The lowest BCUT2D eigenvalue weighted by Gasteiger charge is -2.16. The number of nitrogens with one attached hydrogen (secondary N) is 1. The van der Waals surface area contributed by atoms with Gasteiger partial charge in [-0.2, -0.15) is 13.2 Å². The van der Waals surface area contributed by atoms with Gasteiger partial charge < -0.3 is 10.1 Å². The van der Waals surface area contributed by atoms with E-state index in [9.17, 15) is 18.0 Å². The van der Waals surface area contributed by atoms with Crippen LogP contribution in [0.25, 0.3) is 0 Å². The summed E-state index contributed by atoms with van der Waals surface area (Å²) < 4.78 is 41.2. The maximum absolute atomic E-state index is 12.2. The van der Waals surface area contributed by atoms with Gasteiger partial charge in [0.15, 0.2) is 6.61 Å². The van der Waals surface area contributed by atoms with Gasteiger partial charge in [-0.25, -0.2) is 0 Å². The monoisotopic (exact) mass is 324 g/mol. The van der Waals surface area contributed by atoms with E-state index in [-0.39, 0.29) is 17.7 Å². The number of halogens is 3. The first kappa shape index (κ1) is 16.8. The smallest absolute Gasteiger partial charge is 0.422 e. The molecule has 0 saturated heterocycles. The van der Waals surface area contributed by atoms with E-state index in [1.54, 1.807) is 31.2 Å². The molecule has 1 heterocycles. The predicted octanol–water partition coefficient (Wildman–Crippen LogP) is 3.51. The van der Waals surface area contributed by atoms with Gasteiger partial charge in [0.1, 0.15) is 5.75 Å². The number of pyridine rings is 1. The molecule has 0 fully saturated rings. The molecule has 0 radical (unpaired) electrons. The number of carbonyl (C=O) groups excluding carboxylic acids is 1. The van der Waals surface area contributed by atoms with Gasteiger partial charge in [-0.15, -0.1) is 0 Å². The van der Waals surface area contributed by atoms with Crippen LogP contribution in [0.1, 0.15) is 28.9 Å². The number of carbonyl (C=O) groups is 1. The summed E-state index contributed by atoms with van der Waals surface area (Å²) in [6.45, 7) is 0.385. The summed E-state index contributed by atoms with van der Waals surface area (Å²) >= 11 is 0. The number of nitrogens with zero attached hydrogens (tertiary/aromatic N) is 1. The Labute approximate surface area is 131 Å². The number of alkyl halides is 3. The number of hydrogen-bond acceptors (Lipinski definition) is 3. The fourth-order valence-corrected chi connectivity index (χ4v) is 1.91. The number of rotatable bonds is 5. The molecule has 1 aromatic carbocycles. The van der Waals surface area contributed by atoms with E-state index in [0.717, 1.165) is 0 Å². The van der Waals surface area contributed by atoms with Gasteiger partial charge in [0.25, 0.3) is 5.91 Å². The van der Waals surface area contributed by atoms with Crippen molar-refractivity contribution in [2.24, 2.45) is 0 Å². The Morgan fingerprint density at radius 3 is 2.61 bits per heavy atom. The van der Waals surface area contributed by atoms with Crippen molar-refractivity contribution < 1.29 is 22.7 Å². The summed E-state index contributed by atoms with van der Waals surface area (Å²) in [6.07, 6.45) is -1.38. The highest BCUT2D eigenvalue weighted by molar-refractivity contribution is 5.94. The van der Waals surface area contributed by atoms with Crippen LogP contribution >= 0.6 is 0 Å². The van der Waals surface area contributed by atoms with Crippen LogP contribution in [-0.4, -0.2) is 23.7 Å². The number of hydrogen-bond donors (Lipinski definition) is 1. The van der Waals surface area contributed by atoms with Gasteiger partial charge in [-0.1, -0.05) is 12.1 Å². The van der Waals surface area contributed by atoms with Gasteiger partial charge in [-0.3, -0.25) is 9.78 Å². The van der Waals surface area contributed by atoms with Crippen LogP contribution < -0.4 is 10.1 Å². The van der Waals surface area contributed by atoms with Crippen LogP contribution in [0.4, 0.5) is 13.2 Å². The third kappa shape index (κ3) is 5.28. The second-order valence-corrected chi connectivity index (χ2v) is 4.91. The molecule has 1 unspecified atom stereocenters. The van der Waals surface area contributed by atoms with Gasteiger partial charge >= 0.3 is 6.18 Å². The Balaban J connectivity index is 2.02. The average molecular weight is 324 g/mol. The Morgan fingerprint density at radius 2 is 1.96 bits per heavy atom. The molecule has 4 nitrogen and oxygen atoms in total. The molecule has 0 aliphatic carbocycles. The Hall–Kier alpha value is -2.57. The zero-order valence-electron chi connectivity index (χ0n) is 12.3. The van der Waals surface area contributed by atoms with Crippen molar-refractivity contribution >= 4 is 5.91 Å². The van der Waals surface area contributed by atoms with E-state index in [0.29, 0.717) is 11.1 Å². The van der Waals surface area contributed by atoms with E-state index < -0.39 is 12.8 Å². The SMILES string of the molecule is CC(NC(=O)c1ccncc1)c1cccc(OCC(F)(F)F)c1. The number of ether oxygens (including phenoxy) is 1. The molecule has 1 aromatic heterocycles. The second kappa shape index (κ2) is 7.13. The summed E-state index contributed by atoms with van der Waals surface area (Å²) in [4.78, 5) is 15.9. The number of aromatic nitrogens is 1.